The first-order valence-electron chi connectivity index (χ1n) is 10.2. The molecule has 1 aliphatic rings. The Morgan fingerprint density at radius 2 is 1.66 bits per heavy atom. The van der Waals surface area contributed by atoms with E-state index in [9.17, 15) is 14.0 Å². The molecule has 3 rings (SSSR count). The molecular weight excluding hydrogens is 369 g/mol. The summed E-state index contributed by atoms with van der Waals surface area (Å²) >= 11 is 0. The normalized spacial score (nSPS) is 15.2. The third-order valence-corrected chi connectivity index (χ3v) is 5.49. The third kappa shape index (κ3) is 4.93. The molecule has 0 N–H and O–H groups in total. The van der Waals surface area contributed by atoms with E-state index in [-0.39, 0.29) is 17.5 Å². The summed E-state index contributed by atoms with van der Waals surface area (Å²) in [4.78, 5) is 29.2. The highest BCUT2D eigenvalue weighted by atomic mass is 19.1. The van der Waals surface area contributed by atoms with Crippen molar-refractivity contribution in [2.24, 2.45) is 5.92 Å². The smallest absolute Gasteiger partial charge is 0.222 e. The standard InChI is InChI=1S/C23H30FN3O2/c1-16(2)13-23(29)26-11-9-25(10-12-26)15-22(28)21-14-17(3)27(18(21)4)20-7-5-19(24)6-8-20/h5-8,14,16H,9-13,15H2,1-4H3. The van der Waals surface area contributed by atoms with E-state index in [4.69, 9.17) is 0 Å². The molecule has 0 atom stereocenters. The second-order valence-electron chi connectivity index (χ2n) is 8.27. The number of piperazine rings is 1. The monoisotopic (exact) mass is 399 g/mol. The number of aromatic nitrogens is 1. The van der Waals surface area contributed by atoms with Gasteiger partial charge in [0.05, 0.1) is 6.54 Å². The third-order valence-electron chi connectivity index (χ3n) is 5.49. The minimum atomic E-state index is -0.279. The average Bonchev–Trinajstić information content (AvgIpc) is 2.97. The van der Waals surface area contributed by atoms with Gasteiger partial charge in [-0.1, -0.05) is 13.8 Å². The molecule has 1 aromatic carbocycles. The van der Waals surface area contributed by atoms with Crippen molar-refractivity contribution >= 4 is 11.7 Å². The fourth-order valence-electron chi connectivity index (χ4n) is 3.95. The Morgan fingerprint density at radius 3 is 2.24 bits per heavy atom. The van der Waals surface area contributed by atoms with Crippen LogP contribution in [0.15, 0.2) is 30.3 Å². The highest BCUT2D eigenvalue weighted by Crippen LogP contribution is 2.22. The van der Waals surface area contributed by atoms with Crippen LogP contribution < -0.4 is 0 Å². The number of nitrogens with zero attached hydrogens (tertiary/aromatic N) is 3. The number of carbonyl (C=O) groups is 2. The van der Waals surface area contributed by atoms with Gasteiger partial charge < -0.3 is 9.47 Å². The maximum atomic E-state index is 13.2. The molecule has 156 valence electrons. The number of hydrogen-bond acceptors (Lipinski definition) is 3. The van der Waals surface area contributed by atoms with Crippen molar-refractivity contribution < 1.29 is 14.0 Å². The van der Waals surface area contributed by atoms with Crippen molar-refractivity contribution in [2.45, 2.75) is 34.1 Å². The van der Waals surface area contributed by atoms with Crippen molar-refractivity contribution in [3.05, 3.63) is 53.1 Å². The molecule has 0 saturated carbocycles. The van der Waals surface area contributed by atoms with Crippen LogP contribution in [0.3, 0.4) is 0 Å². The molecule has 1 saturated heterocycles. The van der Waals surface area contributed by atoms with Crippen LogP contribution in [0.25, 0.3) is 5.69 Å². The van der Waals surface area contributed by atoms with Crippen LogP contribution in [0, 0.1) is 25.6 Å². The zero-order valence-electron chi connectivity index (χ0n) is 17.7. The summed E-state index contributed by atoms with van der Waals surface area (Å²) in [6, 6.07) is 8.20. The van der Waals surface area contributed by atoms with Crippen LogP contribution in [0.1, 0.15) is 42.0 Å². The molecule has 5 nitrogen and oxygen atoms in total. The highest BCUT2D eigenvalue weighted by Gasteiger charge is 2.24. The van der Waals surface area contributed by atoms with Gasteiger partial charge in [0.1, 0.15) is 5.82 Å². The molecule has 1 fully saturated rings. The summed E-state index contributed by atoms with van der Waals surface area (Å²) in [5.74, 6) is 0.360. The average molecular weight is 400 g/mol. The SMILES string of the molecule is Cc1cc(C(=O)CN2CCN(C(=O)CC(C)C)CC2)c(C)n1-c1ccc(F)cc1. The van der Waals surface area contributed by atoms with Gasteiger partial charge in [-0.25, -0.2) is 4.39 Å². The molecule has 0 bridgehead atoms. The number of rotatable bonds is 6. The Hall–Kier alpha value is -2.47. The predicted octanol–water partition coefficient (Wildman–Crippen LogP) is 3.61. The summed E-state index contributed by atoms with van der Waals surface area (Å²) in [5.41, 5.74) is 3.36. The maximum absolute atomic E-state index is 13.2. The first kappa shape index (κ1) is 21.2. The fourth-order valence-corrected chi connectivity index (χ4v) is 3.95. The van der Waals surface area contributed by atoms with E-state index < -0.39 is 0 Å². The summed E-state index contributed by atoms with van der Waals surface area (Å²) in [5, 5.41) is 0. The van der Waals surface area contributed by atoms with Gasteiger partial charge in [0.25, 0.3) is 0 Å². The van der Waals surface area contributed by atoms with Crippen LogP contribution in [0.4, 0.5) is 4.39 Å². The van der Waals surface area contributed by atoms with Crippen molar-refractivity contribution in [2.75, 3.05) is 32.7 Å². The lowest BCUT2D eigenvalue weighted by Gasteiger charge is -2.34. The Labute approximate surface area is 172 Å². The number of amides is 1. The molecule has 0 radical (unpaired) electrons. The minimum Gasteiger partial charge on any atom is -0.340 e. The zero-order chi connectivity index (χ0) is 21.1. The van der Waals surface area contributed by atoms with Gasteiger partial charge in [-0.2, -0.15) is 0 Å². The number of aryl methyl sites for hydroxylation is 1. The molecule has 2 heterocycles. The summed E-state index contributed by atoms with van der Waals surface area (Å²) in [6.07, 6.45) is 0.578. The lowest BCUT2D eigenvalue weighted by molar-refractivity contribution is -0.133. The Balaban J connectivity index is 1.64. The van der Waals surface area contributed by atoms with Gasteiger partial charge in [-0.05, 0) is 50.1 Å². The van der Waals surface area contributed by atoms with E-state index in [0.29, 0.717) is 50.6 Å². The molecule has 1 aromatic heterocycles. The minimum absolute atomic E-state index is 0.0772. The molecule has 0 spiro atoms. The van der Waals surface area contributed by atoms with E-state index >= 15 is 0 Å². The van der Waals surface area contributed by atoms with Crippen molar-refractivity contribution in [3.8, 4) is 5.69 Å². The van der Waals surface area contributed by atoms with Crippen LogP contribution in [-0.4, -0.2) is 58.8 Å². The molecule has 29 heavy (non-hydrogen) atoms. The summed E-state index contributed by atoms with van der Waals surface area (Å²) in [6.45, 7) is 11.1. The van der Waals surface area contributed by atoms with Crippen LogP contribution >= 0.6 is 0 Å². The lowest BCUT2D eigenvalue weighted by Crippen LogP contribution is -2.50. The van der Waals surface area contributed by atoms with Crippen molar-refractivity contribution in [1.29, 1.82) is 0 Å². The number of ketones is 1. The van der Waals surface area contributed by atoms with E-state index in [0.717, 1.165) is 17.1 Å². The molecule has 6 heteroatoms. The van der Waals surface area contributed by atoms with Gasteiger partial charge in [0, 0.05) is 55.2 Å². The van der Waals surface area contributed by atoms with Crippen LogP contribution in [0.5, 0.6) is 0 Å². The second kappa shape index (κ2) is 8.91. The van der Waals surface area contributed by atoms with E-state index in [2.05, 4.69) is 18.7 Å². The Bertz CT molecular complexity index is 878. The van der Waals surface area contributed by atoms with Crippen molar-refractivity contribution in [3.63, 3.8) is 0 Å². The predicted molar refractivity (Wildman–Crippen MR) is 112 cm³/mol. The van der Waals surface area contributed by atoms with Gasteiger partial charge in [0.15, 0.2) is 5.78 Å². The second-order valence-corrected chi connectivity index (χ2v) is 8.27. The molecular formula is C23H30FN3O2. The van der Waals surface area contributed by atoms with Gasteiger partial charge >= 0.3 is 0 Å². The first-order chi connectivity index (χ1) is 13.8. The van der Waals surface area contributed by atoms with Crippen LogP contribution in [0.2, 0.25) is 0 Å². The molecule has 2 aromatic rings. The van der Waals surface area contributed by atoms with Gasteiger partial charge in [-0.15, -0.1) is 0 Å². The Morgan fingerprint density at radius 1 is 1.03 bits per heavy atom. The topological polar surface area (TPSA) is 45.6 Å². The molecule has 1 aliphatic heterocycles. The summed E-state index contributed by atoms with van der Waals surface area (Å²) < 4.78 is 15.2. The fraction of sp³-hybridized carbons (Fsp3) is 0.478. The number of hydrogen-bond donors (Lipinski definition) is 0. The lowest BCUT2D eigenvalue weighted by atomic mass is 10.1. The number of benzene rings is 1. The highest BCUT2D eigenvalue weighted by molar-refractivity contribution is 5.99. The van der Waals surface area contributed by atoms with E-state index in [1.807, 2.05) is 29.4 Å². The van der Waals surface area contributed by atoms with Crippen molar-refractivity contribution in [1.82, 2.24) is 14.4 Å². The number of halogens is 1. The van der Waals surface area contributed by atoms with E-state index in [1.165, 1.54) is 12.1 Å². The maximum Gasteiger partial charge on any atom is 0.222 e. The Kier molecular flexibility index (Phi) is 6.52. The first-order valence-corrected chi connectivity index (χ1v) is 10.2. The largest absolute Gasteiger partial charge is 0.340 e. The van der Waals surface area contributed by atoms with Gasteiger partial charge in [-0.3, -0.25) is 14.5 Å². The van der Waals surface area contributed by atoms with Crippen LogP contribution in [-0.2, 0) is 4.79 Å². The summed E-state index contributed by atoms with van der Waals surface area (Å²) in [7, 11) is 0. The quantitative estimate of drug-likeness (QED) is 0.697. The molecule has 0 unspecified atom stereocenters. The zero-order valence-corrected chi connectivity index (χ0v) is 17.7. The molecule has 1 amide bonds. The number of Topliss-reactive ketones (excluding diaryl/α,β-unsaturated/α-hetero) is 1. The van der Waals surface area contributed by atoms with E-state index in [1.54, 1.807) is 12.1 Å². The van der Waals surface area contributed by atoms with Gasteiger partial charge in [0.2, 0.25) is 5.91 Å². The number of carbonyl (C=O) groups excluding carboxylic acids is 2. The molecule has 0 aliphatic carbocycles.